The molecule has 1 atom stereocenters. The number of fused-ring (bicyclic) bond motifs is 2. The van der Waals surface area contributed by atoms with E-state index in [0.29, 0.717) is 17.8 Å². The second-order valence-corrected chi connectivity index (χ2v) is 6.59. The molecular formula is C15H10BrClN4O. The molecule has 3 aromatic rings. The lowest BCUT2D eigenvalue weighted by atomic mass is 9.95. The quantitative estimate of drug-likeness (QED) is 0.612. The van der Waals surface area contributed by atoms with Crippen LogP contribution < -0.4 is 0 Å². The Kier molecular flexibility index (Phi) is 3.06. The van der Waals surface area contributed by atoms with Gasteiger partial charge in [-0.3, -0.25) is 9.48 Å². The second-order valence-electron chi connectivity index (χ2n) is 5.34. The first kappa shape index (κ1) is 13.8. The normalized spacial score (nSPS) is 17.2. The number of carbonyl (C=O) groups excluding carboxylic acids is 1. The van der Waals surface area contributed by atoms with E-state index in [-0.39, 0.29) is 11.1 Å². The van der Waals surface area contributed by atoms with Gasteiger partial charge in [-0.25, -0.2) is 4.98 Å². The second kappa shape index (κ2) is 4.86. The van der Waals surface area contributed by atoms with E-state index in [9.17, 15) is 4.79 Å². The van der Waals surface area contributed by atoms with Crippen molar-refractivity contribution in [1.29, 1.82) is 0 Å². The van der Waals surface area contributed by atoms with E-state index in [0.717, 1.165) is 21.0 Å². The van der Waals surface area contributed by atoms with Gasteiger partial charge in [0.2, 0.25) is 5.28 Å². The van der Waals surface area contributed by atoms with Gasteiger partial charge in [-0.2, -0.15) is 10.1 Å². The third-order valence-corrected chi connectivity index (χ3v) is 4.54. The van der Waals surface area contributed by atoms with Crippen molar-refractivity contribution < 1.29 is 4.79 Å². The highest BCUT2D eigenvalue weighted by molar-refractivity contribution is 9.10. The number of ketones is 1. The third-order valence-electron chi connectivity index (χ3n) is 3.88. The molecule has 110 valence electrons. The highest BCUT2D eigenvalue weighted by atomic mass is 79.9. The maximum absolute atomic E-state index is 12.6. The summed E-state index contributed by atoms with van der Waals surface area (Å²) >= 11 is 9.49. The van der Waals surface area contributed by atoms with Crippen LogP contribution in [-0.4, -0.2) is 25.5 Å². The van der Waals surface area contributed by atoms with Gasteiger partial charge in [0, 0.05) is 24.1 Å². The molecule has 22 heavy (non-hydrogen) atoms. The Morgan fingerprint density at radius 2 is 2.18 bits per heavy atom. The Morgan fingerprint density at radius 1 is 1.36 bits per heavy atom. The number of carbonyl (C=O) groups is 1. The standard InChI is InChI=1S/C15H10BrClN4O/c1-21-6-10-13(18-15(17)19-14(10)20-21)12-9-5-8(16)3-2-7(9)4-11(12)22/h2-3,5-6,12H,4H2,1H3. The zero-order chi connectivity index (χ0) is 15.4. The van der Waals surface area contributed by atoms with Gasteiger partial charge >= 0.3 is 0 Å². The lowest BCUT2D eigenvalue weighted by Gasteiger charge is -2.11. The summed E-state index contributed by atoms with van der Waals surface area (Å²) in [5, 5.41) is 5.14. The molecule has 0 radical (unpaired) electrons. The number of Topliss-reactive ketones (excluding diaryl/α,β-unsaturated/α-hetero) is 1. The lowest BCUT2D eigenvalue weighted by Crippen LogP contribution is -2.11. The van der Waals surface area contributed by atoms with Gasteiger partial charge < -0.3 is 0 Å². The zero-order valence-electron chi connectivity index (χ0n) is 11.5. The van der Waals surface area contributed by atoms with Crippen molar-refractivity contribution in [2.75, 3.05) is 0 Å². The SMILES string of the molecule is Cn1cc2c(C3C(=O)Cc4ccc(Br)cc43)nc(Cl)nc2n1. The topological polar surface area (TPSA) is 60.7 Å². The van der Waals surface area contributed by atoms with Gasteiger partial charge in [0.1, 0.15) is 0 Å². The number of nitrogens with zero attached hydrogens (tertiary/aromatic N) is 4. The van der Waals surface area contributed by atoms with E-state index in [1.165, 1.54) is 0 Å². The van der Waals surface area contributed by atoms with Gasteiger partial charge in [0.25, 0.3) is 0 Å². The van der Waals surface area contributed by atoms with Crippen molar-refractivity contribution >= 4 is 44.3 Å². The molecule has 0 saturated heterocycles. The molecule has 1 aliphatic carbocycles. The lowest BCUT2D eigenvalue weighted by molar-refractivity contribution is -0.118. The number of hydrogen-bond donors (Lipinski definition) is 0. The van der Waals surface area contributed by atoms with Gasteiger partial charge in [0.05, 0.1) is 17.0 Å². The Bertz CT molecular complexity index is 937. The summed E-state index contributed by atoms with van der Waals surface area (Å²) in [4.78, 5) is 21.0. The monoisotopic (exact) mass is 376 g/mol. The Labute approximate surface area is 139 Å². The Balaban J connectivity index is 2.00. The fourth-order valence-corrected chi connectivity index (χ4v) is 3.54. The number of benzene rings is 1. The molecule has 4 rings (SSSR count). The fraction of sp³-hybridized carbons (Fsp3) is 0.200. The van der Waals surface area contributed by atoms with Crippen LogP contribution in [0.1, 0.15) is 22.7 Å². The average molecular weight is 378 g/mol. The predicted molar refractivity (Wildman–Crippen MR) is 86.0 cm³/mol. The van der Waals surface area contributed by atoms with Crippen LogP contribution in [0.5, 0.6) is 0 Å². The van der Waals surface area contributed by atoms with Crippen LogP contribution >= 0.6 is 27.5 Å². The first-order chi connectivity index (χ1) is 10.5. The molecule has 5 nitrogen and oxygen atoms in total. The zero-order valence-corrected chi connectivity index (χ0v) is 13.9. The molecule has 2 heterocycles. The Hall–Kier alpha value is -1.79. The average Bonchev–Trinajstić information content (AvgIpc) is 2.96. The smallest absolute Gasteiger partial charge is 0.224 e. The number of aromatic nitrogens is 4. The summed E-state index contributed by atoms with van der Waals surface area (Å²) < 4.78 is 2.59. The first-order valence-corrected chi connectivity index (χ1v) is 7.88. The summed E-state index contributed by atoms with van der Waals surface area (Å²) in [6.07, 6.45) is 2.24. The van der Waals surface area contributed by atoms with E-state index < -0.39 is 5.92 Å². The largest absolute Gasteiger partial charge is 0.298 e. The number of hydrogen-bond acceptors (Lipinski definition) is 4. The van der Waals surface area contributed by atoms with E-state index in [4.69, 9.17) is 11.6 Å². The molecule has 1 unspecified atom stereocenters. The van der Waals surface area contributed by atoms with Crippen LogP contribution in [0.15, 0.2) is 28.9 Å². The molecular weight excluding hydrogens is 368 g/mol. The molecule has 1 aliphatic rings. The van der Waals surface area contributed by atoms with Crippen molar-refractivity contribution in [3.8, 4) is 0 Å². The first-order valence-electron chi connectivity index (χ1n) is 6.71. The van der Waals surface area contributed by atoms with Crippen LogP contribution in [-0.2, 0) is 18.3 Å². The van der Waals surface area contributed by atoms with Crippen molar-refractivity contribution in [2.45, 2.75) is 12.3 Å². The number of rotatable bonds is 1. The number of halogens is 2. The van der Waals surface area contributed by atoms with Crippen LogP contribution in [0.25, 0.3) is 11.0 Å². The minimum Gasteiger partial charge on any atom is -0.298 e. The maximum Gasteiger partial charge on any atom is 0.224 e. The molecule has 2 aromatic heterocycles. The van der Waals surface area contributed by atoms with Crippen molar-refractivity contribution in [1.82, 2.24) is 19.7 Å². The summed E-state index contributed by atoms with van der Waals surface area (Å²) in [6.45, 7) is 0. The third kappa shape index (κ3) is 2.06. The van der Waals surface area contributed by atoms with Crippen LogP contribution in [0.3, 0.4) is 0 Å². The molecule has 0 aliphatic heterocycles. The summed E-state index contributed by atoms with van der Waals surface area (Å²) in [6, 6.07) is 5.89. The molecule has 1 aromatic carbocycles. The minimum atomic E-state index is -0.417. The van der Waals surface area contributed by atoms with Gasteiger partial charge in [-0.15, -0.1) is 0 Å². The minimum absolute atomic E-state index is 0.109. The maximum atomic E-state index is 12.6. The van der Waals surface area contributed by atoms with E-state index >= 15 is 0 Å². The molecule has 0 amide bonds. The number of aryl methyl sites for hydroxylation is 1. The molecule has 0 N–H and O–H groups in total. The van der Waals surface area contributed by atoms with Crippen LogP contribution in [0, 0.1) is 0 Å². The van der Waals surface area contributed by atoms with E-state index in [1.807, 2.05) is 24.4 Å². The summed E-state index contributed by atoms with van der Waals surface area (Å²) in [5.41, 5.74) is 3.14. The van der Waals surface area contributed by atoms with Crippen molar-refractivity contribution in [3.63, 3.8) is 0 Å². The van der Waals surface area contributed by atoms with E-state index in [2.05, 4.69) is 31.0 Å². The molecule has 0 saturated carbocycles. The van der Waals surface area contributed by atoms with E-state index in [1.54, 1.807) is 11.7 Å². The molecule has 7 heteroatoms. The van der Waals surface area contributed by atoms with Crippen LogP contribution in [0.4, 0.5) is 0 Å². The van der Waals surface area contributed by atoms with Gasteiger partial charge in [0.15, 0.2) is 11.4 Å². The van der Waals surface area contributed by atoms with Crippen molar-refractivity contribution in [2.24, 2.45) is 7.05 Å². The molecule has 0 spiro atoms. The highest BCUT2D eigenvalue weighted by Crippen LogP contribution is 2.38. The predicted octanol–water partition coefficient (Wildman–Crippen LogP) is 3.04. The molecule has 0 bridgehead atoms. The van der Waals surface area contributed by atoms with Gasteiger partial charge in [-0.05, 0) is 34.9 Å². The van der Waals surface area contributed by atoms with Crippen molar-refractivity contribution in [3.05, 3.63) is 51.0 Å². The fourth-order valence-electron chi connectivity index (χ4n) is 2.99. The van der Waals surface area contributed by atoms with Gasteiger partial charge in [-0.1, -0.05) is 22.0 Å². The summed E-state index contributed by atoms with van der Waals surface area (Å²) in [7, 11) is 1.81. The van der Waals surface area contributed by atoms with Crippen LogP contribution in [0.2, 0.25) is 5.28 Å². The summed E-state index contributed by atoms with van der Waals surface area (Å²) in [5.74, 6) is -0.298. The molecule has 0 fully saturated rings. The highest BCUT2D eigenvalue weighted by Gasteiger charge is 2.35. The Morgan fingerprint density at radius 3 is 3.00 bits per heavy atom.